The molecule has 2 aromatic rings. The van der Waals surface area contributed by atoms with Gasteiger partial charge in [0, 0.05) is 24.3 Å². The lowest BCUT2D eigenvalue weighted by Crippen LogP contribution is -2.31. The monoisotopic (exact) mass is 422 g/mol. The Morgan fingerprint density at radius 2 is 1.55 bits per heavy atom. The fourth-order valence-electron chi connectivity index (χ4n) is 3.70. The van der Waals surface area contributed by atoms with Gasteiger partial charge in [0.05, 0.1) is 0 Å². The predicted octanol–water partition coefficient (Wildman–Crippen LogP) is 5.41. The van der Waals surface area contributed by atoms with Gasteiger partial charge >= 0.3 is 0 Å². The van der Waals surface area contributed by atoms with Gasteiger partial charge in [0.2, 0.25) is 0 Å². The van der Waals surface area contributed by atoms with Crippen LogP contribution in [0.2, 0.25) is 0 Å². The molecule has 5 nitrogen and oxygen atoms in total. The minimum Gasteiger partial charge on any atom is -0.484 e. The first-order valence-corrected chi connectivity index (χ1v) is 11.3. The van der Waals surface area contributed by atoms with Crippen molar-refractivity contribution in [3.63, 3.8) is 0 Å². The van der Waals surface area contributed by atoms with Crippen molar-refractivity contribution in [3.05, 3.63) is 59.7 Å². The van der Waals surface area contributed by atoms with E-state index in [2.05, 4.69) is 38.2 Å². The highest BCUT2D eigenvalue weighted by Gasteiger charge is 2.18. The maximum atomic E-state index is 12.7. The van der Waals surface area contributed by atoms with Crippen LogP contribution in [-0.4, -0.2) is 36.4 Å². The molecule has 0 aromatic heterocycles. The summed E-state index contributed by atoms with van der Waals surface area (Å²) in [5.41, 5.74) is 2.69. The fourth-order valence-corrected chi connectivity index (χ4v) is 3.70. The number of nitrogens with one attached hydrogen (secondary N) is 1. The molecular weight excluding hydrogens is 388 g/mol. The zero-order chi connectivity index (χ0) is 22.3. The van der Waals surface area contributed by atoms with Crippen LogP contribution >= 0.6 is 0 Å². The summed E-state index contributed by atoms with van der Waals surface area (Å²) in [6, 6.07) is 15.0. The first-order chi connectivity index (χ1) is 14.9. The zero-order valence-electron chi connectivity index (χ0n) is 18.9. The number of anilines is 1. The lowest BCUT2D eigenvalue weighted by Gasteiger charge is -2.23. The number of rotatable bonds is 7. The number of carbonyl (C=O) groups excluding carboxylic acids is 2. The standard InChI is InChI=1S/C26H34N2O3/c1-4-26(2,3)21-11-15-23(16-12-21)31-19-24(29)27-22-13-9-20(10-14-22)25(30)28-17-7-5-6-8-18-28/h9-16H,4-8,17-19H2,1-3H3,(H,27,29). The molecule has 0 radical (unpaired) electrons. The average Bonchev–Trinajstić information content (AvgIpc) is 3.08. The Hall–Kier alpha value is -2.82. The molecule has 1 saturated heterocycles. The highest BCUT2D eigenvalue weighted by Crippen LogP contribution is 2.28. The van der Waals surface area contributed by atoms with Crippen LogP contribution in [-0.2, 0) is 10.2 Å². The fraction of sp³-hybridized carbons (Fsp3) is 0.462. The smallest absolute Gasteiger partial charge is 0.262 e. The number of benzene rings is 2. The van der Waals surface area contributed by atoms with Gasteiger partial charge in [-0.1, -0.05) is 45.7 Å². The van der Waals surface area contributed by atoms with Crippen molar-refractivity contribution in [2.75, 3.05) is 25.0 Å². The van der Waals surface area contributed by atoms with Crippen molar-refractivity contribution >= 4 is 17.5 Å². The van der Waals surface area contributed by atoms with Gasteiger partial charge in [-0.05, 0) is 66.6 Å². The number of likely N-dealkylation sites (tertiary alicyclic amines) is 1. The van der Waals surface area contributed by atoms with Crippen molar-refractivity contribution in [1.29, 1.82) is 0 Å². The van der Waals surface area contributed by atoms with Crippen molar-refractivity contribution in [3.8, 4) is 5.75 Å². The summed E-state index contributed by atoms with van der Waals surface area (Å²) in [4.78, 5) is 26.9. The van der Waals surface area contributed by atoms with Crippen LogP contribution in [0.1, 0.15) is 68.8 Å². The summed E-state index contributed by atoms with van der Waals surface area (Å²) >= 11 is 0. The zero-order valence-corrected chi connectivity index (χ0v) is 18.9. The summed E-state index contributed by atoms with van der Waals surface area (Å²) in [6.07, 6.45) is 5.57. The molecule has 2 aromatic carbocycles. The number of nitrogens with zero attached hydrogens (tertiary/aromatic N) is 1. The number of carbonyl (C=O) groups is 2. The third kappa shape index (κ3) is 6.33. The number of hydrogen-bond acceptors (Lipinski definition) is 3. The van der Waals surface area contributed by atoms with E-state index in [9.17, 15) is 9.59 Å². The number of hydrogen-bond donors (Lipinski definition) is 1. The second kappa shape index (κ2) is 10.5. The minimum atomic E-state index is -0.232. The van der Waals surface area contributed by atoms with Gasteiger partial charge in [-0.15, -0.1) is 0 Å². The van der Waals surface area contributed by atoms with Gasteiger partial charge in [-0.3, -0.25) is 9.59 Å². The Labute approximate surface area is 185 Å². The summed E-state index contributed by atoms with van der Waals surface area (Å²) in [5.74, 6) is 0.506. The van der Waals surface area contributed by atoms with Gasteiger partial charge in [-0.2, -0.15) is 0 Å². The molecule has 166 valence electrons. The van der Waals surface area contributed by atoms with E-state index in [0.29, 0.717) is 17.0 Å². The molecule has 0 saturated carbocycles. The van der Waals surface area contributed by atoms with Crippen molar-refractivity contribution in [2.45, 2.75) is 58.3 Å². The highest BCUT2D eigenvalue weighted by atomic mass is 16.5. The highest BCUT2D eigenvalue weighted by molar-refractivity contribution is 5.96. The van der Waals surface area contributed by atoms with Crippen LogP contribution in [0.15, 0.2) is 48.5 Å². The molecule has 3 rings (SSSR count). The van der Waals surface area contributed by atoms with Crippen LogP contribution in [0.3, 0.4) is 0 Å². The van der Waals surface area contributed by atoms with Crippen LogP contribution in [0, 0.1) is 0 Å². The summed E-state index contributed by atoms with van der Waals surface area (Å²) < 4.78 is 5.62. The number of ether oxygens (including phenoxy) is 1. The van der Waals surface area contributed by atoms with Crippen molar-refractivity contribution in [2.24, 2.45) is 0 Å². The molecule has 1 heterocycles. The second-order valence-electron chi connectivity index (χ2n) is 8.88. The maximum Gasteiger partial charge on any atom is 0.262 e. The van der Waals surface area contributed by atoms with E-state index in [1.807, 2.05) is 17.0 Å². The summed E-state index contributed by atoms with van der Waals surface area (Å²) in [7, 11) is 0. The summed E-state index contributed by atoms with van der Waals surface area (Å²) in [5, 5.41) is 2.82. The number of amides is 2. The molecule has 2 amide bonds. The molecule has 1 aliphatic heterocycles. The molecular formula is C26H34N2O3. The van der Waals surface area contributed by atoms with E-state index in [-0.39, 0.29) is 23.8 Å². The van der Waals surface area contributed by atoms with Crippen molar-refractivity contribution < 1.29 is 14.3 Å². The quantitative estimate of drug-likeness (QED) is 0.649. The summed E-state index contributed by atoms with van der Waals surface area (Å²) in [6.45, 7) is 8.18. The molecule has 0 aliphatic carbocycles. The molecule has 5 heteroatoms. The molecule has 0 unspecified atom stereocenters. The molecule has 1 aliphatic rings. The Morgan fingerprint density at radius 1 is 0.935 bits per heavy atom. The maximum absolute atomic E-state index is 12.7. The Kier molecular flexibility index (Phi) is 7.72. The Morgan fingerprint density at radius 3 is 2.13 bits per heavy atom. The SMILES string of the molecule is CCC(C)(C)c1ccc(OCC(=O)Nc2ccc(C(=O)N3CCCCCC3)cc2)cc1. The van der Waals surface area contributed by atoms with E-state index >= 15 is 0 Å². The van der Waals surface area contributed by atoms with E-state index in [0.717, 1.165) is 32.4 Å². The molecule has 0 bridgehead atoms. The molecule has 1 N–H and O–H groups in total. The topological polar surface area (TPSA) is 58.6 Å². The van der Waals surface area contributed by atoms with Crippen LogP contribution in [0.4, 0.5) is 5.69 Å². The van der Waals surface area contributed by atoms with E-state index in [1.54, 1.807) is 24.3 Å². The van der Waals surface area contributed by atoms with Gasteiger partial charge in [-0.25, -0.2) is 0 Å². The molecule has 31 heavy (non-hydrogen) atoms. The Bertz CT molecular complexity index is 865. The molecule has 0 atom stereocenters. The van der Waals surface area contributed by atoms with Crippen LogP contribution < -0.4 is 10.1 Å². The lowest BCUT2D eigenvalue weighted by molar-refractivity contribution is -0.118. The van der Waals surface area contributed by atoms with E-state index < -0.39 is 0 Å². The Balaban J connectivity index is 1.50. The van der Waals surface area contributed by atoms with E-state index in [4.69, 9.17) is 4.74 Å². The van der Waals surface area contributed by atoms with Gasteiger partial charge in [0.25, 0.3) is 11.8 Å². The van der Waals surface area contributed by atoms with Gasteiger partial charge in [0.1, 0.15) is 5.75 Å². The molecule has 0 spiro atoms. The lowest BCUT2D eigenvalue weighted by atomic mass is 9.82. The van der Waals surface area contributed by atoms with Crippen LogP contribution in [0.5, 0.6) is 5.75 Å². The first-order valence-electron chi connectivity index (χ1n) is 11.3. The second-order valence-corrected chi connectivity index (χ2v) is 8.88. The molecule has 1 fully saturated rings. The largest absolute Gasteiger partial charge is 0.484 e. The first kappa shape index (κ1) is 22.9. The predicted molar refractivity (Wildman–Crippen MR) is 125 cm³/mol. The van der Waals surface area contributed by atoms with Gasteiger partial charge in [0.15, 0.2) is 6.61 Å². The van der Waals surface area contributed by atoms with Crippen molar-refractivity contribution in [1.82, 2.24) is 4.90 Å². The van der Waals surface area contributed by atoms with Crippen LogP contribution in [0.25, 0.3) is 0 Å². The third-order valence-electron chi connectivity index (χ3n) is 6.20. The average molecular weight is 423 g/mol. The van der Waals surface area contributed by atoms with Gasteiger partial charge < -0.3 is 15.0 Å². The normalized spacial score (nSPS) is 14.6. The van der Waals surface area contributed by atoms with E-state index in [1.165, 1.54) is 18.4 Å². The minimum absolute atomic E-state index is 0.0645. The third-order valence-corrected chi connectivity index (χ3v) is 6.20.